The number of hydrazine groups is 1. The number of nitrogens with one attached hydrogen (secondary N) is 1. The van der Waals surface area contributed by atoms with E-state index in [0.29, 0.717) is 5.84 Å². The second-order valence-electron chi connectivity index (χ2n) is 4.64. The molecule has 7 heteroatoms. The van der Waals surface area contributed by atoms with Crippen LogP contribution in [0.15, 0.2) is 23.3 Å². The maximum Gasteiger partial charge on any atom is 0.231 e. The van der Waals surface area contributed by atoms with Crippen molar-refractivity contribution in [2.45, 2.75) is 19.4 Å². The average molecular weight is 279 g/mol. The highest BCUT2D eigenvalue weighted by Crippen LogP contribution is 2.35. The molecule has 2 rings (SSSR count). The van der Waals surface area contributed by atoms with Crippen LogP contribution in [0.1, 0.15) is 24.9 Å². The molecule has 1 aromatic carbocycles. The Morgan fingerprint density at radius 1 is 1.45 bits per heavy atom. The molecule has 0 saturated carbocycles. The lowest BCUT2D eigenvalue weighted by Crippen LogP contribution is -2.34. The SMILES string of the molecule is CNCCC(c1ccc2c(c1)OCO2)N(N)/N=C(/C)N. The van der Waals surface area contributed by atoms with Gasteiger partial charge >= 0.3 is 0 Å². The maximum atomic E-state index is 6.00. The fourth-order valence-corrected chi connectivity index (χ4v) is 2.10. The Kier molecular flexibility index (Phi) is 4.65. The topological polar surface area (TPSA) is 98.1 Å². The van der Waals surface area contributed by atoms with Crippen LogP contribution in [0, 0.1) is 0 Å². The van der Waals surface area contributed by atoms with Gasteiger partial charge in [-0.2, -0.15) is 0 Å². The zero-order valence-corrected chi connectivity index (χ0v) is 11.8. The molecule has 0 saturated heterocycles. The molecule has 7 nitrogen and oxygen atoms in total. The van der Waals surface area contributed by atoms with Crippen LogP contribution in [0.5, 0.6) is 11.5 Å². The third-order valence-electron chi connectivity index (χ3n) is 3.04. The van der Waals surface area contributed by atoms with E-state index in [4.69, 9.17) is 21.1 Å². The minimum absolute atomic E-state index is 0.0875. The summed E-state index contributed by atoms with van der Waals surface area (Å²) < 4.78 is 10.7. The van der Waals surface area contributed by atoms with Crippen molar-refractivity contribution in [3.05, 3.63) is 23.8 Å². The van der Waals surface area contributed by atoms with Crippen LogP contribution in [0.3, 0.4) is 0 Å². The molecular weight excluding hydrogens is 258 g/mol. The summed E-state index contributed by atoms with van der Waals surface area (Å²) in [5.41, 5.74) is 6.61. The van der Waals surface area contributed by atoms with Gasteiger partial charge in [0.1, 0.15) is 5.84 Å². The summed E-state index contributed by atoms with van der Waals surface area (Å²) >= 11 is 0. The molecule has 0 fully saturated rings. The van der Waals surface area contributed by atoms with Crippen LogP contribution < -0.4 is 26.4 Å². The summed E-state index contributed by atoms with van der Waals surface area (Å²) in [6.07, 6.45) is 0.795. The zero-order chi connectivity index (χ0) is 14.5. The van der Waals surface area contributed by atoms with E-state index in [1.807, 2.05) is 25.2 Å². The van der Waals surface area contributed by atoms with Crippen LogP contribution in [0.25, 0.3) is 0 Å². The van der Waals surface area contributed by atoms with E-state index in [-0.39, 0.29) is 12.8 Å². The number of amidine groups is 1. The summed E-state index contributed by atoms with van der Waals surface area (Å²) in [4.78, 5) is 0. The van der Waals surface area contributed by atoms with Crippen LogP contribution in [0.2, 0.25) is 0 Å². The van der Waals surface area contributed by atoms with E-state index < -0.39 is 0 Å². The number of hydrogen-bond acceptors (Lipinski definition) is 6. The largest absolute Gasteiger partial charge is 0.454 e. The van der Waals surface area contributed by atoms with Crippen LogP contribution in [0.4, 0.5) is 0 Å². The van der Waals surface area contributed by atoms with Crippen molar-refractivity contribution < 1.29 is 9.47 Å². The van der Waals surface area contributed by atoms with Gasteiger partial charge < -0.3 is 20.5 Å². The monoisotopic (exact) mass is 279 g/mol. The summed E-state index contributed by atoms with van der Waals surface area (Å²) in [5, 5.41) is 8.61. The van der Waals surface area contributed by atoms with Crippen molar-refractivity contribution in [2.24, 2.45) is 16.7 Å². The number of nitrogens with two attached hydrogens (primary N) is 2. The molecule has 0 radical (unpaired) electrons. The van der Waals surface area contributed by atoms with Gasteiger partial charge in [0, 0.05) is 0 Å². The molecule has 5 N–H and O–H groups in total. The van der Waals surface area contributed by atoms with E-state index in [1.54, 1.807) is 6.92 Å². The number of ether oxygens (including phenoxy) is 2. The standard InChI is InChI=1S/C13H21N5O2/c1-9(14)17-18(15)11(5-6-16-2)10-3-4-12-13(7-10)20-8-19-12/h3-4,7,11,16H,5-6,8,15H2,1-2H3,(H2,14,17). The van der Waals surface area contributed by atoms with Crippen molar-refractivity contribution >= 4 is 5.84 Å². The van der Waals surface area contributed by atoms with Crippen molar-refractivity contribution in [3.8, 4) is 11.5 Å². The Balaban J connectivity index is 2.23. The highest BCUT2D eigenvalue weighted by molar-refractivity contribution is 5.77. The van der Waals surface area contributed by atoms with Gasteiger partial charge in [-0.3, -0.25) is 0 Å². The molecule has 1 aliphatic heterocycles. The Morgan fingerprint density at radius 2 is 2.20 bits per heavy atom. The van der Waals surface area contributed by atoms with Crippen LogP contribution in [-0.2, 0) is 0 Å². The lowest BCUT2D eigenvalue weighted by molar-refractivity contribution is 0.173. The first-order valence-electron chi connectivity index (χ1n) is 6.50. The summed E-state index contributed by atoms with van der Waals surface area (Å²) in [7, 11) is 1.90. The van der Waals surface area contributed by atoms with E-state index in [2.05, 4.69) is 10.4 Å². The lowest BCUT2D eigenvalue weighted by Gasteiger charge is -2.25. The minimum atomic E-state index is -0.0875. The van der Waals surface area contributed by atoms with Crippen LogP contribution >= 0.6 is 0 Å². The molecular formula is C13H21N5O2. The smallest absolute Gasteiger partial charge is 0.231 e. The third-order valence-corrected chi connectivity index (χ3v) is 3.04. The van der Waals surface area contributed by atoms with E-state index in [0.717, 1.165) is 30.0 Å². The summed E-state index contributed by atoms with van der Waals surface area (Å²) in [6, 6.07) is 5.70. The quantitative estimate of drug-likeness (QED) is 0.304. The Labute approximate surface area is 118 Å². The number of hydrazone groups is 1. The fourth-order valence-electron chi connectivity index (χ4n) is 2.10. The van der Waals surface area contributed by atoms with Gasteiger partial charge in [-0.1, -0.05) is 6.07 Å². The molecule has 1 heterocycles. The van der Waals surface area contributed by atoms with E-state index >= 15 is 0 Å². The summed E-state index contributed by atoms with van der Waals surface area (Å²) in [5.74, 6) is 7.91. The lowest BCUT2D eigenvalue weighted by atomic mass is 10.0. The fraction of sp³-hybridized carbons (Fsp3) is 0.462. The number of nitrogens with zero attached hydrogens (tertiary/aromatic N) is 2. The van der Waals surface area contributed by atoms with Gasteiger partial charge in [-0.25, -0.2) is 11.0 Å². The average Bonchev–Trinajstić information content (AvgIpc) is 2.85. The first-order chi connectivity index (χ1) is 9.61. The zero-order valence-electron chi connectivity index (χ0n) is 11.8. The molecule has 1 atom stereocenters. The number of fused-ring (bicyclic) bond motifs is 1. The Morgan fingerprint density at radius 3 is 2.90 bits per heavy atom. The van der Waals surface area contributed by atoms with E-state index in [1.165, 1.54) is 5.12 Å². The van der Waals surface area contributed by atoms with Gasteiger partial charge in [0.2, 0.25) is 6.79 Å². The predicted molar refractivity (Wildman–Crippen MR) is 77.2 cm³/mol. The predicted octanol–water partition coefficient (Wildman–Crippen LogP) is 0.534. The molecule has 1 aliphatic rings. The second-order valence-corrected chi connectivity index (χ2v) is 4.64. The minimum Gasteiger partial charge on any atom is -0.454 e. The second kappa shape index (κ2) is 6.44. The number of benzene rings is 1. The molecule has 1 aromatic rings. The molecule has 0 amide bonds. The van der Waals surface area contributed by atoms with Crippen molar-refractivity contribution in [2.75, 3.05) is 20.4 Å². The van der Waals surface area contributed by atoms with E-state index in [9.17, 15) is 0 Å². The molecule has 0 aliphatic carbocycles. The maximum absolute atomic E-state index is 6.00. The molecule has 20 heavy (non-hydrogen) atoms. The van der Waals surface area contributed by atoms with Gasteiger partial charge in [0.15, 0.2) is 11.5 Å². The first-order valence-corrected chi connectivity index (χ1v) is 6.50. The highest BCUT2D eigenvalue weighted by Gasteiger charge is 2.21. The van der Waals surface area contributed by atoms with Gasteiger partial charge in [-0.05, 0) is 44.6 Å². The number of hydrogen-bond donors (Lipinski definition) is 3. The van der Waals surface area contributed by atoms with Crippen molar-refractivity contribution in [1.29, 1.82) is 0 Å². The molecule has 0 spiro atoms. The Bertz CT molecular complexity index is 488. The normalized spacial score (nSPS) is 15.2. The molecule has 110 valence electrons. The molecule has 1 unspecified atom stereocenters. The van der Waals surface area contributed by atoms with Gasteiger partial charge in [0.05, 0.1) is 6.04 Å². The Hall–Kier alpha value is -1.99. The van der Waals surface area contributed by atoms with Crippen molar-refractivity contribution in [3.63, 3.8) is 0 Å². The summed E-state index contributed by atoms with van der Waals surface area (Å²) in [6.45, 7) is 2.77. The van der Waals surface area contributed by atoms with Crippen molar-refractivity contribution in [1.82, 2.24) is 10.4 Å². The molecule has 0 bridgehead atoms. The van der Waals surface area contributed by atoms with Gasteiger partial charge in [-0.15, -0.1) is 5.10 Å². The highest BCUT2D eigenvalue weighted by atomic mass is 16.7. The van der Waals surface area contributed by atoms with Gasteiger partial charge in [0.25, 0.3) is 0 Å². The van der Waals surface area contributed by atoms with Crippen LogP contribution in [-0.4, -0.2) is 31.3 Å². The number of rotatable bonds is 6. The first kappa shape index (κ1) is 14.4. The third kappa shape index (κ3) is 3.31. The molecule has 0 aromatic heterocycles.